The van der Waals surface area contributed by atoms with Crippen molar-refractivity contribution in [3.63, 3.8) is 0 Å². The van der Waals surface area contributed by atoms with Crippen LogP contribution in [-0.4, -0.2) is 48.0 Å². The molecule has 0 bridgehead atoms. The molecule has 0 spiro atoms. The Kier molecular flexibility index (Phi) is 6.12. The van der Waals surface area contributed by atoms with E-state index in [1.54, 1.807) is 0 Å². The minimum Gasteiger partial charge on any atom is -0.464 e. The molecule has 0 aromatic carbocycles. The Labute approximate surface area is 119 Å². The first-order valence-corrected chi connectivity index (χ1v) is 8.48. The molecule has 0 radical (unpaired) electrons. The molecular formula is C12H21N3O4S. The number of esters is 1. The van der Waals surface area contributed by atoms with Gasteiger partial charge in [0.25, 0.3) is 0 Å². The maximum Gasteiger partial charge on any atom is 0.360 e. The van der Waals surface area contributed by atoms with Crippen molar-refractivity contribution in [2.24, 2.45) is 0 Å². The van der Waals surface area contributed by atoms with Crippen molar-refractivity contribution in [1.82, 2.24) is 15.0 Å². The summed E-state index contributed by atoms with van der Waals surface area (Å²) in [4.78, 5) is 11.6. The number of hydrogen-bond donors (Lipinski definition) is 0. The molecule has 0 aliphatic heterocycles. The Morgan fingerprint density at radius 3 is 2.50 bits per heavy atom. The number of rotatable bonds is 8. The first kappa shape index (κ1) is 16.6. The molecule has 0 aliphatic rings. The van der Waals surface area contributed by atoms with Crippen LogP contribution in [0, 0.1) is 0 Å². The minimum absolute atomic E-state index is 0.00151. The van der Waals surface area contributed by atoms with E-state index in [1.807, 2.05) is 13.8 Å². The normalized spacial score (nSPS) is 11.6. The molecule has 1 heterocycles. The quantitative estimate of drug-likeness (QED) is 0.661. The van der Waals surface area contributed by atoms with Gasteiger partial charge in [0.05, 0.1) is 25.1 Å². The number of aryl methyl sites for hydroxylation is 1. The summed E-state index contributed by atoms with van der Waals surface area (Å²) in [5, 5.41) is 7.66. The second kappa shape index (κ2) is 7.37. The number of sulfone groups is 1. The van der Waals surface area contributed by atoms with Gasteiger partial charge in [0.15, 0.2) is 15.5 Å². The highest BCUT2D eigenvalue weighted by Gasteiger charge is 2.20. The van der Waals surface area contributed by atoms with Crippen LogP contribution in [0.5, 0.6) is 0 Å². The molecule has 114 valence electrons. The van der Waals surface area contributed by atoms with Gasteiger partial charge in [-0.1, -0.05) is 25.5 Å². The number of carbonyl (C=O) groups excluding carboxylic acids is 1. The Morgan fingerprint density at radius 2 is 1.95 bits per heavy atom. The van der Waals surface area contributed by atoms with Gasteiger partial charge >= 0.3 is 5.97 Å². The summed E-state index contributed by atoms with van der Waals surface area (Å²) >= 11 is 0. The van der Waals surface area contributed by atoms with Crippen LogP contribution >= 0.6 is 0 Å². The molecule has 0 amide bonds. The standard InChI is InChI=1S/C12H21N3O4S/c1-4-6-10-11(12(16)19-3)13-14-15(10)7-9-20(17,18)8-5-2/h4-9H2,1-3H3. The Hall–Kier alpha value is -1.44. The lowest BCUT2D eigenvalue weighted by atomic mass is 10.2. The molecule has 20 heavy (non-hydrogen) atoms. The number of carbonyl (C=O) groups is 1. The number of aromatic nitrogens is 3. The predicted octanol–water partition coefficient (Wildman–Crippen LogP) is 0.842. The average Bonchev–Trinajstić information content (AvgIpc) is 2.79. The zero-order valence-electron chi connectivity index (χ0n) is 12.1. The van der Waals surface area contributed by atoms with E-state index in [2.05, 4.69) is 15.0 Å². The smallest absolute Gasteiger partial charge is 0.360 e. The van der Waals surface area contributed by atoms with Crippen LogP contribution in [0.4, 0.5) is 0 Å². The van der Waals surface area contributed by atoms with Gasteiger partial charge in [0.2, 0.25) is 0 Å². The fourth-order valence-electron chi connectivity index (χ4n) is 1.89. The SMILES string of the molecule is CCCc1c(C(=O)OC)nnn1CCS(=O)(=O)CCC. The lowest BCUT2D eigenvalue weighted by molar-refractivity contribution is 0.0592. The van der Waals surface area contributed by atoms with Crippen molar-refractivity contribution in [3.8, 4) is 0 Å². The number of methoxy groups -OCH3 is 1. The fraction of sp³-hybridized carbons (Fsp3) is 0.750. The van der Waals surface area contributed by atoms with Gasteiger partial charge in [0.1, 0.15) is 0 Å². The van der Waals surface area contributed by atoms with E-state index in [9.17, 15) is 13.2 Å². The van der Waals surface area contributed by atoms with Crippen LogP contribution in [0.2, 0.25) is 0 Å². The average molecular weight is 303 g/mol. The third kappa shape index (κ3) is 4.29. The first-order chi connectivity index (χ1) is 9.45. The topological polar surface area (TPSA) is 91.2 Å². The molecule has 0 saturated heterocycles. The number of hydrogen-bond acceptors (Lipinski definition) is 6. The largest absolute Gasteiger partial charge is 0.464 e. The van der Waals surface area contributed by atoms with E-state index in [4.69, 9.17) is 0 Å². The van der Waals surface area contributed by atoms with E-state index < -0.39 is 15.8 Å². The third-order valence-electron chi connectivity index (χ3n) is 2.83. The summed E-state index contributed by atoms with van der Waals surface area (Å²) < 4.78 is 29.6. The minimum atomic E-state index is -3.08. The van der Waals surface area contributed by atoms with Crippen molar-refractivity contribution in [2.45, 2.75) is 39.7 Å². The van der Waals surface area contributed by atoms with Crippen LogP contribution in [0.3, 0.4) is 0 Å². The Balaban J connectivity index is 2.90. The van der Waals surface area contributed by atoms with Gasteiger partial charge in [0, 0.05) is 5.75 Å². The second-order valence-electron chi connectivity index (χ2n) is 4.50. The van der Waals surface area contributed by atoms with Crippen molar-refractivity contribution >= 4 is 15.8 Å². The highest BCUT2D eigenvalue weighted by atomic mass is 32.2. The maximum absolute atomic E-state index is 11.7. The van der Waals surface area contributed by atoms with Gasteiger partial charge < -0.3 is 4.74 Å². The summed E-state index contributed by atoms with van der Waals surface area (Å²) in [6.45, 7) is 4.00. The second-order valence-corrected chi connectivity index (χ2v) is 6.80. The zero-order valence-corrected chi connectivity index (χ0v) is 12.9. The molecule has 1 aromatic heterocycles. The molecule has 8 heteroatoms. The highest BCUT2D eigenvalue weighted by Crippen LogP contribution is 2.10. The van der Waals surface area contributed by atoms with Gasteiger partial charge in [-0.2, -0.15) is 0 Å². The Morgan fingerprint density at radius 1 is 1.25 bits per heavy atom. The van der Waals surface area contributed by atoms with Crippen molar-refractivity contribution in [3.05, 3.63) is 11.4 Å². The van der Waals surface area contributed by atoms with E-state index in [0.717, 1.165) is 6.42 Å². The van der Waals surface area contributed by atoms with Crippen molar-refractivity contribution in [2.75, 3.05) is 18.6 Å². The van der Waals surface area contributed by atoms with E-state index >= 15 is 0 Å². The van der Waals surface area contributed by atoms with Crippen LogP contribution in [0.1, 0.15) is 42.9 Å². The molecule has 0 saturated carbocycles. The summed E-state index contributed by atoms with van der Waals surface area (Å²) in [5.41, 5.74) is 0.799. The van der Waals surface area contributed by atoms with Crippen molar-refractivity contribution < 1.29 is 17.9 Å². The molecule has 7 nitrogen and oxygen atoms in total. The number of nitrogens with zero attached hydrogens (tertiary/aromatic N) is 3. The lowest BCUT2D eigenvalue weighted by Crippen LogP contribution is -2.18. The molecule has 0 N–H and O–H groups in total. The zero-order chi connectivity index (χ0) is 15.2. The highest BCUT2D eigenvalue weighted by molar-refractivity contribution is 7.91. The molecule has 0 aliphatic carbocycles. The predicted molar refractivity (Wildman–Crippen MR) is 74.3 cm³/mol. The summed E-state index contributed by atoms with van der Waals surface area (Å²) in [5.74, 6) is -0.382. The summed E-state index contributed by atoms with van der Waals surface area (Å²) in [6, 6.07) is 0. The van der Waals surface area contributed by atoms with Gasteiger partial charge in [-0.3, -0.25) is 0 Å². The lowest BCUT2D eigenvalue weighted by Gasteiger charge is -2.07. The summed E-state index contributed by atoms with van der Waals surface area (Å²) in [6.07, 6.45) is 2.00. The number of ether oxygens (including phenoxy) is 1. The van der Waals surface area contributed by atoms with E-state index in [1.165, 1.54) is 11.8 Å². The molecule has 0 fully saturated rings. The van der Waals surface area contributed by atoms with Crippen LogP contribution in [0.25, 0.3) is 0 Å². The monoisotopic (exact) mass is 303 g/mol. The first-order valence-electron chi connectivity index (χ1n) is 6.66. The van der Waals surface area contributed by atoms with Crippen LogP contribution in [0.15, 0.2) is 0 Å². The van der Waals surface area contributed by atoms with E-state index in [-0.39, 0.29) is 23.7 Å². The third-order valence-corrected chi connectivity index (χ3v) is 4.67. The Bertz CT molecular complexity index is 551. The molecule has 1 rings (SSSR count). The maximum atomic E-state index is 11.7. The van der Waals surface area contributed by atoms with Gasteiger partial charge in [-0.05, 0) is 12.8 Å². The van der Waals surface area contributed by atoms with Crippen LogP contribution < -0.4 is 0 Å². The molecule has 0 atom stereocenters. The van der Waals surface area contributed by atoms with Gasteiger partial charge in [-0.15, -0.1) is 5.10 Å². The molecule has 0 unspecified atom stereocenters. The van der Waals surface area contributed by atoms with Crippen LogP contribution in [-0.2, 0) is 27.5 Å². The molecular weight excluding hydrogens is 282 g/mol. The summed E-state index contributed by atoms with van der Waals surface area (Å²) in [7, 11) is -1.80. The van der Waals surface area contributed by atoms with E-state index in [0.29, 0.717) is 18.5 Å². The van der Waals surface area contributed by atoms with Crippen molar-refractivity contribution in [1.29, 1.82) is 0 Å². The fourth-order valence-corrected chi connectivity index (χ4v) is 3.17. The molecule has 1 aromatic rings. The van der Waals surface area contributed by atoms with Gasteiger partial charge in [-0.25, -0.2) is 17.9 Å².